The number of rotatable bonds is 9. The van der Waals surface area contributed by atoms with Crippen molar-refractivity contribution in [1.82, 2.24) is 14.7 Å². The number of nitrogens with zero attached hydrogens (tertiary/aromatic N) is 3. The fourth-order valence-corrected chi connectivity index (χ4v) is 3.15. The second-order valence-corrected chi connectivity index (χ2v) is 6.98. The number of carbonyl (C=O) groups is 1. The Labute approximate surface area is 166 Å². The molecule has 2 aromatic rings. The molecule has 0 radical (unpaired) electrons. The number of carbonyl (C=O) groups excluding carboxylic acids is 1. The number of halogens is 1. The van der Waals surface area contributed by atoms with Gasteiger partial charge in [-0.1, -0.05) is 43.1 Å². The van der Waals surface area contributed by atoms with Crippen LogP contribution in [0.1, 0.15) is 42.3 Å². The molecule has 1 amide bonds. The minimum absolute atomic E-state index is 0.0306. The third-order valence-electron chi connectivity index (χ3n) is 4.57. The SMILES string of the molecule is CCCCN(CCO)C(=O)/C=C/c1c(C)nn(Cc2ccccc2Cl)c1C. The van der Waals surface area contributed by atoms with Gasteiger partial charge < -0.3 is 10.0 Å². The van der Waals surface area contributed by atoms with Crippen molar-refractivity contribution in [2.75, 3.05) is 19.7 Å². The van der Waals surface area contributed by atoms with Crippen LogP contribution >= 0.6 is 11.6 Å². The van der Waals surface area contributed by atoms with Crippen LogP contribution in [0.3, 0.4) is 0 Å². The van der Waals surface area contributed by atoms with Gasteiger partial charge in [-0.15, -0.1) is 0 Å². The molecule has 0 saturated carbocycles. The Balaban J connectivity index is 2.16. The zero-order valence-corrected chi connectivity index (χ0v) is 17.0. The predicted molar refractivity (Wildman–Crippen MR) is 110 cm³/mol. The summed E-state index contributed by atoms with van der Waals surface area (Å²) in [7, 11) is 0. The van der Waals surface area contributed by atoms with E-state index >= 15 is 0 Å². The number of aromatic nitrogens is 2. The highest BCUT2D eigenvalue weighted by molar-refractivity contribution is 6.31. The molecule has 0 aliphatic carbocycles. The molecule has 0 aliphatic rings. The van der Waals surface area contributed by atoms with Crippen molar-refractivity contribution in [3.05, 3.63) is 57.9 Å². The molecule has 146 valence electrons. The van der Waals surface area contributed by atoms with Crippen LogP contribution in [0.2, 0.25) is 5.02 Å². The van der Waals surface area contributed by atoms with Crippen molar-refractivity contribution >= 4 is 23.6 Å². The van der Waals surface area contributed by atoms with Crippen molar-refractivity contribution in [2.45, 2.75) is 40.2 Å². The highest BCUT2D eigenvalue weighted by atomic mass is 35.5. The summed E-state index contributed by atoms with van der Waals surface area (Å²) in [5.41, 5.74) is 3.80. The van der Waals surface area contributed by atoms with E-state index in [4.69, 9.17) is 11.6 Å². The van der Waals surface area contributed by atoms with Crippen molar-refractivity contribution in [3.8, 4) is 0 Å². The molecule has 1 aromatic carbocycles. The molecule has 0 saturated heterocycles. The third kappa shape index (κ3) is 5.68. The van der Waals surface area contributed by atoms with E-state index in [0.29, 0.717) is 24.7 Å². The van der Waals surface area contributed by atoms with Crippen LogP contribution < -0.4 is 0 Å². The van der Waals surface area contributed by atoms with E-state index in [1.54, 1.807) is 11.0 Å². The Bertz CT molecular complexity index is 799. The normalized spacial score (nSPS) is 11.3. The average Bonchev–Trinajstić information content (AvgIpc) is 2.91. The van der Waals surface area contributed by atoms with Crippen LogP contribution in [0.5, 0.6) is 0 Å². The van der Waals surface area contributed by atoms with Crippen LogP contribution in [0, 0.1) is 13.8 Å². The van der Waals surface area contributed by atoms with Crippen LogP contribution in [0.4, 0.5) is 0 Å². The molecular formula is C21H28ClN3O2. The van der Waals surface area contributed by atoms with Gasteiger partial charge in [-0.2, -0.15) is 5.10 Å². The van der Waals surface area contributed by atoms with Gasteiger partial charge in [0.05, 0.1) is 18.8 Å². The summed E-state index contributed by atoms with van der Waals surface area (Å²) in [6.07, 6.45) is 5.32. The van der Waals surface area contributed by atoms with E-state index in [1.807, 2.05) is 48.9 Å². The lowest BCUT2D eigenvalue weighted by Crippen LogP contribution is -2.33. The summed E-state index contributed by atoms with van der Waals surface area (Å²) < 4.78 is 1.91. The van der Waals surface area contributed by atoms with Gasteiger partial charge in [-0.25, -0.2) is 0 Å². The van der Waals surface area contributed by atoms with Gasteiger partial charge in [-0.3, -0.25) is 9.48 Å². The number of aliphatic hydroxyl groups is 1. The third-order valence-corrected chi connectivity index (χ3v) is 4.94. The fourth-order valence-electron chi connectivity index (χ4n) is 2.96. The van der Waals surface area contributed by atoms with Crippen molar-refractivity contribution in [3.63, 3.8) is 0 Å². The number of aryl methyl sites for hydroxylation is 1. The van der Waals surface area contributed by atoms with Gasteiger partial charge in [0.2, 0.25) is 5.91 Å². The first-order valence-electron chi connectivity index (χ1n) is 9.33. The van der Waals surface area contributed by atoms with Gasteiger partial charge >= 0.3 is 0 Å². The maximum atomic E-state index is 12.5. The predicted octanol–water partition coefficient (Wildman–Crippen LogP) is 3.84. The van der Waals surface area contributed by atoms with Crippen molar-refractivity contribution in [1.29, 1.82) is 0 Å². The molecule has 5 nitrogen and oxygen atoms in total. The van der Waals surface area contributed by atoms with Gasteiger partial charge in [0, 0.05) is 35.4 Å². The summed E-state index contributed by atoms with van der Waals surface area (Å²) in [5, 5.41) is 14.5. The summed E-state index contributed by atoms with van der Waals surface area (Å²) in [5.74, 6) is -0.0878. The molecule has 0 atom stereocenters. The monoisotopic (exact) mass is 389 g/mol. The number of hydrogen-bond donors (Lipinski definition) is 1. The topological polar surface area (TPSA) is 58.4 Å². The highest BCUT2D eigenvalue weighted by Gasteiger charge is 2.13. The van der Waals surface area contributed by atoms with E-state index in [1.165, 1.54) is 0 Å². The van der Waals surface area contributed by atoms with Gasteiger partial charge in [0.15, 0.2) is 0 Å². The first-order valence-corrected chi connectivity index (χ1v) is 9.71. The Morgan fingerprint density at radius 1 is 1.30 bits per heavy atom. The molecule has 1 aromatic heterocycles. The molecule has 6 heteroatoms. The Hall–Kier alpha value is -2.11. The lowest BCUT2D eigenvalue weighted by molar-refractivity contribution is -0.126. The molecule has 0 unspecified atom stereocenters. The summed E-state index contributed by atoms with van der Waals surface area (Å²) in [6.45, 7) is 7.57. The lowest BCUT2D eigenvalue weighted by atomic mass is 10.1. The van der Waals surface area contributed by atoms with E-state index < -0.39 is 0 Å². The maximum absolute atomic E-state index is 12.5. The van der Waals surface area contributed by atoms with Crippen LogP contribution in [-0.2, 0) is 11.3 Å². The van der Waals surface area contributed by atoms with Crippen molar-refractivity contribution in [2.24, 2.45) is 0 Å². The first-order chi connectivity index (χ1) is 13.0. The molecule has 0 bridgehead atoms. The van der Waals surface area contributed by atoms with E-state index in [-0.39, 0.29) is 12.5 Å². The standard InChI is InChI=1S/C21H28ClN3O2/c1-4-5-12-24(13-14-26)21(27)11-10-19-16(2)23-25(17(19)3)15-18-8-6-7-9-20(18)22/h6-11,26H,4-5,12-15H2,1-3H3/b11-10+. The zero-order valence-electron chi connectivity index (χ0n) is 16.3. The number of aliphatic hydroxyl groups excluding tert-OH is 1. The molecule has 27 heavy (non-hydrogen) atoms. The molecule has 1 N–H and O–H groups in total. The highest BCUT2D eigenvalue weighted by Crippen LogP contribution is 2.20. The van der Waals surface area contributed by atoms with Crippen LogP contribution in [-0.4, -0.2) is 45.4 Å². The van der Waals surface area contributed by atoms with Gasteiger partial charge in [0.1, 0.15) is 0 Å². The largest absolute Gasteiger partial charge is 0.395 e. The number of hydrogen-bond acceptors (Lipinski definition) is 3. The number of unbranched alkanes of at least 4 members (excludes halogenated alkanes) is 1. The van der Waals surface area contributed by atoms with E-state index in [9.17, 15) is 9.90 Å². The Morgan fingerprint density at radius 3 is 2.70 bits per heavy atom. The minimum atomic E-state index is -0.0878. The summed E-state index contributed by atoms with van der Waals surface area (Å²) >= 11 is 6.26. The molecule has 0 spiro atoms. The smallest absolute Gasteiger partial charge is 0.246 e. The molecule has 2 rings (SSSR count). The van der Waals surface area contributed by atoms with Crippen LogP contribution in [0.25, 0.3) is 6.08 Å². The molecule has 0 fully saturated rings. The Kier molecular flexibility index (Phi) is 8.07. The first kappa shape index (κ1) is 21.2. The molecule has 1 heterocycles. The van der Waals surface area contributed by atoms with Crippen LogP contribution in [0.15, 0.2) is 30.3 Å². The second kappa shape index (κ2) is 10.3. The van der Waals surface area contributed by atoms with E-state index in [0.717, 1.165) is 35.4 Å². The Morgan fingerprint density at radius 2 is 2.04 bits per heavy atom. The maximum Gasteiger partial charge on any atom is 0.246 e. The average molecular weight is 390 g/mol. The van der Waals surface area contributed by atoms with Gasteiger partial charge in [-0.05, 0) is 38.0 Å². The minimum Gasteiger partial charge on any atom is -0.395 e. The zero-order chi connectivity index (χ0) is 19.8. The van der Waals surface area contributed by atoms with E-state index in [2.05, 4.69) is 12.0 Å². The number of benzene rings is 1. The van der Waals surface area contributed by atoms with Gasteiger partial charge in [0.25, 0.3) is 0 Å². The summed E-state index contributed by atoms with van der Waals surface area (Å²) in [4.78, 5) is 14.1. The molecule has 0 aliphatic heterocycles. The second-order valence-electron chi connectivity index (χ2n) is 6.57. The summed E-state index contributed by atoms with van der Waals surface area (Å²) in [6, 6.07) is 7.72. The lowest BCUT2D eigenvalue weighted by Gasteiger charge is -2.19. The van der Waals surface area contributed by atoms with Crippen molar-refractivity contribution < 1.29 is 9.90 Å². The molecular weight excluding hydrogens is 362 g/mol. The number of amides is 1. The quantitative estimate of drug-likeness (QED) is 0.663. The fraction of sp³-hybridized carbons (Fsp3) is 0.429.